The molecule has 1 aliphatic rings. The Morgan fingerprint density at radius 1 is 1.28 bits per heavy atom. The summed E-state index contributed by atoms with van der Waals surface area (Å²) < 4.78 is 0. The van der Waals surface area contributed by atoms with Crippen molar-refractivity contribution in [1.29, 1.82) is 0 Å². The van der Waals surface area contributed by atoms with Crippen molar-refractivity contribution in [2.24, 2.45) is 5.92 Å². The normalized spacial score (nSPS) is 21.5. The molecular formula is C16H23NO. The third kappa shape index (κ3) is 4.28. The minimum atomic E-state index is 0.332. The van der Waals surface area contributed by atoms with E-state index in [1.807, 2.05) is 6.07 Å². The topological polar surface area (TPSA) is 23.5 Å². The minimum Gasteiger partial charge on any atom is -0.396 e. The second kappa shape index (κ2) is 7.34. The van der Waals surface area contributed by atoms with E-state index in [4.69, 9.17) is 5.11 Å². The van der Waals surface area contributed by atoms with Crippen molar-refractivity contribution < 1.29 is 5.11 Å². The molecule has 0 amide bonds. The zero-order valence-electron chi connectivity index (χ0n) is 11.0. The highest BCUT2D eigenvalue weighted by Crippen LogP contribution is 2.19. The third-order valence-corrected chi connectivity index (χ3v) is 3.61. The number of piperidine rings is 1. The van der Waals surface area contributed by atoms with Gasteiger partial charge in [-0.3, -0.25) is 4.90 Å². The van der Waals surface area contributed by atoms with Crippen LogP contribution in [0.1, 0.15) is 24.8 Å². The number of hydrogen-bond acceptors (Lipinski definition) is 2. The summed E-state index contributed by atoms with van der Waals surface area (Å²) in [5.41, 5.74) is 1.27. The van der Waals surface area contributed by atoms with Crippen molar-refractivity contribution in [1.82, 2.24) is 4.90 Å². The van der Waals surface area contributed by atoms with E-state index in [0.717, 1.165) is 19.5 Å². The predicted molar refractivity (Wildman–Crippen MR) is 76.3 cm³/mol. The van der Waals surface area contributed by atoms with Crippen molar-refractivity contribution in [3.63, 3.8) is 0 Å². The number of aliphatic hydroxyl groups is 1. The quantitative estimate of drug-likeness (QED) is 0.862. The first-order valence-corrected chi connectivity index (χ1v) is 6.93. The molecule has 2 rings (SSSR count). The summed E-state index contributed by atoms with van der Waals surface area (Å²) in [5, 5.41) is 9.00. The summed E-state index contributed by atoms with van der Waals surface area (Å²) in [4.78, 5) is 2.49. The van der Waals surface area contributed by atoms with Gasteiger partial charge in [-0.05, 0) is 37.3 Å². The Labute approximate surface area is 110 Å². The van der Waals surface area contributed by atoms with E-state index in [2.05, 4.69) is 41.3 Å². The van der Waals surface area contributed by atoms with E-state index in [0.29, 0.717) is 12.5 Å². The van der Waals surface area contributed by atoms with Crippen LogP contribution in [0.4, 0.5) is 0 Å². The van der Waals surface area contributed by atoms with E-state index in [-0.39, 0.29) is 0 Å². The van der Waals surface area contributed by atoms with E-state index in [1.165, 1.54) is 24.9 Å². The van der Waals surface area contributed by atoms with Gasteiger partial charge in [0.25, 0.3) is 0 Å². The summed E-state index contributed by atoms with van der Waals surface area (Å²) in [6.07, 6.45) is 7.94. The SMILES string of the molecule is OCCC1CCCN(CC=Cc2ccccc2)C1. The molecule has 0 saturated carbocycles. The molecule has 1 heterocycles. The monoisotopic (exact) mass is 245 g/mol. The van der Waals surface area contributed by atoms with E-state index in [9.17, 15) is 0 Å². The fourth-order valence-corrected chi connectivity index (χ4v) is 2.64. The van der Waals surface area contributed by atoms with Crippen LogP contribution in [-0.2, 0) is 0 Å². The summed E-state index contributed by atoms with van der Waals surface area (Å²) in [7, 11) is 0. The van der Waals surface area contributed by atoms with Crippen LogP contribution < -0.4 is 0 Å². The van der Waals surface area contributed by atoms with Crippen LogP contribution in [-0.4, -0.2) is 36.2 Å². The molecule has 0 aliphatic carbocycles. The van der Waals surface area contributed by atoms with Gasteiger partial charge in [0.05, 0.1) is 0 Å². The number of rotatable bonds is 5. The Morgan fingerprint density at radius 2 is 2.11 bits per heavy atom. The lowest BCUT2D eigenvalue weighted by Crippen LogP contribution is -2.35. The van der Waals surface area contributed by atoms with Crippen molar-refractivity contribution in [2.45, 2.75) is 19.3 Å². The molecule has 1 unspecified atom stereocenters. The molecule has 1 fully saturated rings. The maximum Gasteiger partial charge on any atom is 0.0434 e. The number of aliphatic hydroxyl groups excluding tert-OH is 1. The first-order valence-electron chi connectivity index (χ1n) is 6.93. The van der Waals surface area contributed by atoms with Crippen molar-refractivity contribution in [3.8, 4) is 0 Å². The molecule has 2 nitrogen and oxygen atoms in total. The van der Waals surface area contributed by atoms with Crippen molar-refractivity contribution >= 4 is 6.08 Å². The van der Waals surface area contributed by atoms with E-state index >= 15 is 0 Å². The van der Waals surface area contributed by atoms with Crippen LogP contribution in [0.15, 0.2) is 36.4 Å². The molecule has 18 heavy (non-hydrogen) atoms. The minimum absolute atomic E-state index is 0.332. The molecule has 0 aromatic heterocycles. The number of nitrogens with zero attached hydrogens (tertiary/aromatic N) is 1. The second-order valence-electron chi connectivity index (χ2n) is 5.09. The van der Waals surface area contributed by atoms with Crippen LogP contribution in [0.2, 0.25) is 0 Å². The molecule has 98 valence electrons. The van der Waals surface area contributed by atoms with Crippen molar-refractivity contribution in [2.75, 3.05) is 26.2 Å². The first-order chi connectivity index (χ1) is 8.88. The van der Waals surface area contributed by atoms with Crippen LogP contribution >= 0.6 is 0 Å². The highest BCUT2D eigenvalue weighted by Gasteiger charge is 2.17. The Bertz CT molecular complexity index is 359. The van der Waals surface area contributed by atoms with Gasteiger partial charge < -0.3 is 5.11 Å². The number of benzene rings is 1. The lowest BCUT2D eigenvalue weighted by atomic mass is 9.95. The Morgan fingerprint density at radius 3 is 2.89 bits per heavy atom. The van der Waals surface area contributed by atoms with Crippen LogP contribution in [0.25, 0.3) is 6.08 Å². The van der Waals surface area contributed by atoms with E-state index in [1.54, 1.807) is 0 Å². The van der Waals surface area contributed by atoms with Gasteiger partial charge >= 0.3 is 0 Å². The molecule has 1 aromatic rings. The molecule has 1 atom stereocenters. The average Bonchev–Trinajstić information content (AvgIpc) is 2.41. The van der Waals surface area contributed by atoms with Gasteiger partial charge in [-0.1, -0.05) is 42.5 Å². The van der Waals surface area contributed by atoms with Gasteiger partial charge in [-0.25, -0.2) is 0 Å². The summed E-state index contributed by atoms with van der Waals surface area (Å²) in [5.74, 6) is 0.689. The zero-order valence-corrected chi connectivity index (χ0v) is 11.0. The standard InChI is InChI=1S/C16H23NO/c18-13-10-16-9-5-12-17(14-16)11-4-8-15-6-2-1-3-7-15/h1-4,6-8,16,18H,5,9-14H2. The third-order valence-electron chi connectivity index (χ3n) is 3.61. The van der Waals surface area contributed by atoms with Crippen LogP contribution in [0.5, 0.6) is 0 Å². The largest absolute Gasteiger partial charge is 0.396 e. The first kappa shape index (κ1) is 13.3. The average molecular weight is 245 g/mol. The highest BCUT2D eigenvalue weighted by atomic mass is 16.3. The Kier molecular flexibility index (Phi) is 5.43. The fraction of sp³-hybridized carbons (Fsp3) is 0.500. The number of likely N-dealkylation sites (tertiary alicyclic amines) is 1. The molecule has 0 radical (unpaired) electrons. The van der Waals surface area contributed by atoms with Gasteiger partial charge in [-0.15, -0.1) is 0 Å². The summed E-state index contributed by atoms with van der Waals surface area (Å²) in [6, 6.07) is 10.4. The molecule has 1 saturated heterocycles. The second-order valence-corrected chi connectivity index (χ2v) is 5.09. The molecule has 2 heteroatoms. The van der Waals surface area contributed by atoms with Crippen LogP contribution in [0, 0.1) is 5.92 Å². The smallest absolute Gasteiger partial charge is 0.0434 e. The summed E-state index contributed by atoms with van der Waals surface area (Å²) in [6.45, 7) is 3.69. The molecule has 1 aliphatic heterocycles. The number of hydrogen-bond donors (Lipinski definition) is 1. The van der Waals surface area contributed by atoms with E-state index < -0.39 is 0 Å². The van der Waals surface area contributed by atoms with Gasteiger partial charge in [-0.2, -0.15) is 0 Å². The van der Waals surface area contributed by atoms with Crippen molar-refractivity contribution in [3.05, 3.63) is 42.0 Å². The van der Waals surface area contributed by atoms with Crippen LogP contribution in [0.3, 0.4) is 0 Å². The maximum atomic E-state index is 9.00. The lowest BCUT2D eigenvalue weighted by molar-refractivity contribution is 0.159. The maximum absolute atomic E-state index is 9.00. The van der Waals surface area contributed by atoms with Gasteiger partial charge in [0.2, 0.25) is 0 Å². The molecule has 0 spiro atoms. The Balaban J connectivity index is 1.77. The van der Waals surface area contributed by atoms with Gasteiger partial charge in [0, 0.05) is 19.7 Å². The highest BCUT2D eigenvalue weighted by molar-refractivity contribution is 5.48. The predicted octanol–water partition coefficient (Wildman–Crippen LogP) is 2.79. The zero-order chi connectivity index (χ0) is 12.6. The Hall–Kier alpha value is -1.12. The molecule has 1 N–H and O–H groups in total. The van der Waals surface area contributed by atoms with Gasteiger partial charge in [0.15, 0.2) is 0 Å². The molecular weight excluding hydrogens is 222 g/mol. The molecule has 0 bridgehead atoms. The lowest BCUT2D eigenvalue weighted by Gasteiger charge is -2.31. The van der Waals surface area contributed by atoms with Gasteiger partial charge in [0.1, 0.15) is 0 Å². The molecule has 1 aromatic carbocycles. The summed E-state index contributed by atoms with van der Waals surface area (Å²) >= 11 is 0. The fourth-order valence-electron chi connectivity index (χ4n) is 2.64.